The molecule has 1 aromatic heterocycles. The quantitative estimate of drug-likeness (QED) is 0.650. The summed E-state index contributed by atoms with van der Waals surface area (Å²) < 4.78 is 0. The lowest BCUT2D eigenvalue weighted by molar-refractivity contribution is 0.0930. The minimum atomic E-state index is -0.207. The topological polar surface area (TPSA) is 58.1 Å². The van der Waals surface area contributed by atoms with Gasteiger partial charge in [-0.15, -0.1) is 0 Å². The molecule has 1 heterocycles. The molecule has 13 heavy (non-hydrogen) atoms. The van der Waals surface area contributed by atoms with Gasteiger partial charge in [0.15, 0.2) is 0 Å². The number of carbonyl (C=O) groups is 1. The highest BCUT2D eigenvalue weighted by atomic mass is 16.2. The molecule has 1 N–H and O–H groups in total. The maximum absolute atomic E-state index is 11.3. The first kappa shape index (κ1) is 9.60. The molecule has 0 spiro atoms. The average Bonchev–Trinajstić information content (AvgIpc) is 2.15. The molecule has 0 atom stereocenters. The fourth-order valence-corrected chi connectivity index (χ4v) is 0.737. The molecule has 0 saturated heterocycles. The summed E-state index contributed by atoms with van der Waals surface area (Å²) in [6, 6.07) is 0. The molecule has 5 nitrogen and oxygen atoms in total. The van der Waals surface area contributed by atoms with Crippen molar-refractivity contribution in [2.45, 2.75) is 0 Å². The van der Waals surface area contributed by atoms with Gasteiger partial charge in [0.05, 0.1) is 12.9 Å². The SMILES string of the molecule is CN(C)CNC(=O)c1cnccn1. The summed E-state index contributed by atoms with van der Waals surface area (Å²) in [6.07, 6.45) is 4.46. The van der Waals surface area contributed by atoms with Crippen LogP contribution in [-0.4, -0.2) is 41.5 Å². The Morgan fingerprint density at radius 3 is 2.85 bits per heavy atom. The van der Waals surface area contributed by atoms with Crippen molar-refractivity contribution in [2.75, 3.05) is 20.8 Å². The Labute approximate surface area is 76.8 Å². The van der Waals surface area contributed by atoms with Gasteiger partial charge in [0, 0.05) is 12.4 Å². The standard InChI is InChI=1S/C8H12N4O/c1-12(2)6-11-8(13)7-5-9-3-4-10-7/h3-5H,6H2,1-2H3,(H,11,13). The van der Waals surface area contributed by atoms with Gasteiger partial charge in [-0.2, -0.15) is 0 Å². The molecule has 0 unspecified atom stereocenters. The Kier molecular flexibility index (Phi) is 3.33. The number of rotatable bonds is 3. The lowest BCUT2D eigenvalue weighted by atomic mass is 10.4. The molecule has 0 bridgehead atoms. The van der Waals surface area contributed by atoms with E-state index >= 15 is 0 Å². The first-order chi connectivity index (χ1) is 6.20. The van der Waals surface area contributed by atoms with Crippen LogP contribution >= 0.6 is 0 Å². The van der Waals surface area contributed by atoms with Crippen LogP contribution in [0, 0.1) is 0 Å². The summed E-state index contributed by atoms with van der Waals surface area (Å²) in [7, 11) is 3.74. The van der Waals surface area contributed by atoms with Crippen LogP contribution < -0.4 is 5.32 Å². The van der Waals surface area contributed by atoms with Gasteiger partial charge < -0.3 is 5.32 Å². The first-order valence-electron chi connectivity index (χ1n) is 3.89. The molecule has 1 rings (SSSR count). The monoisotopic (exact) mass is 180 g/mol. The Hall–Kier alpha value is -1.49. The van der Waals surface area contributed by atoms with E-state index in [0.717, 1.165) is 0 Å². The molecule has 0 aliphatic carbocycles. The lowest BCUT2D eigenvalue weighted by Crippen LogP contribution is -2.33. The van der Waals surface area contributed by atoms with Crippen molar-refractivity contribution >= 4 is 5.91 Å². The van der Waals surface area contributed by atoms with Crippen LogP contribution in [0.4, 0.5) is 0 Å². The molecule has 0 saturated carbocycles. The van der Waals surface area contributed by atoms with Gasteiger partial charge in [-0.25, -0.2) is 4.98 Å². The van der Waals surface area contributed by atoms with E-state index in [1.165, 1.54) is 18.6 Å². The molecule has 0 aliphatic heterocycles. The zero-order chi connectivity index (χ0) is 9.68. The van der Waals surface area contributed by atoms with Crippen LogP contribution in [0.5, 0.6) is 0 Å². The van der Waals surface area contributed by atoms with Crippen molar-refractivity contribution in [1.29, 1.82) is 0 Å². The van der Waals surface area contributed by atoms with Gasteiger partial charge in [-0.05, 0) is 14.1 Å². The van der Waals surface area contributed by atoms with E-state index in [9.17, 15) is 4.79 Å². The van der Waals surface area contributed by atoms with Crippen LogP contribution in [-0.2, 0) is 0 Å². The third kappa shape index (κ3) is 3.16. The van der Waals surface area contributed by atoms with Crippen molar-refractivity contribution in [2.24, 2.45) is 0 Å². The molecular weight excluding hydrogens is 168 g/mol. The zero-order valence-electron chi connectivity index (χ0n) is 7.69. The number of hydrogen-bond donors (Lipinski definition) is 1. The third-order valence-electron chi connectivity index (χ3n) is 1.35. The van der Waals surface area contributed by atoms with Gasteiger partial charge in [0.2, 0.25) is 0 Å². The maximum Gasteiger partial charge on any atom is 0.272 e. The van der Waals surface area contributed by atoms with Crippen LogP contribution in [0.3, 0.4) is 0 Å². The van der Waals surface area contributed by atoms with Crippen LogP contribution in [0.1, 0.15) is 10.5 Å². The Balaban J connectivity index is 2.50. The Morgan fingerprint density at radius 2 is 2.31 bits per heavy atom. The highest BCUT2D eigenvalue weighted by Crippen LogP contribution is 1.88. The predicted octanol–water partition coefficient (Wildman–Crippen LogP) is -0.275. The number of hydrogen-bond acceptors (Lipinski definition) is 4. The number of nitrogens with one attached hydrogen (secondary N) is 1. The minimum absolute atomic E-state index is 0.207. The largest absolute Gasteiger partial charge is 0.338 e. The fraction of sp³-hybridized carbons (Fsp3) is 0.375. The fourth-order valence-electron chi connectivity index (χ4n) is 0.737. The van der Waals surface area contributed by atoms with Crippen molar-refractivity contribution < 1.29 is 4.79 Å². The number of nitrogens with zero attached hydrogens (tertiary/aromatic N) is 3. The highest BCUT2D eigenvalue weighted by Gasteiger charge is 2.05. The summed E-state index contributed by atoms with van der Waals surface area (Å²) in [5, 5.41) is 2.68. The van der Waals surface area contributed by atoms with E-state index < -0.39 is 0 Å². The molecular formula is C8H12N4O. The van der Waals surface area contributed by atoms with E-state index in [2.05, 4.69) is 15.3 Å². The summed E-state index contributed by atoms with van der Waals surface area (Å²) in [5.41, 5.74) is 0.337. The van der Waals surface area contributed by atoms with Crippen molar-refractivity contribution in [1.82, 2.24) is 20.2 Å². The number of aromatic nitrogens is 2. The highest BCUT2D eigenvalue weighted by molar-refractivity contribution is 5.91. The number of amides is 1. The lowest BCUT2D eigenvalue weighted by Gasteiger charge is -2.09. The van der Waals surface area contributed by atoms with Crippen LogP contribution in [0.25, 0.3) is 0 Å². The Morgan fingerprint density at radius 1 is 1.54 bits per heavy atom. The molecule has 0 aliphatic rings. The van der Waals surface area contributed by atoms with E-state index in [0.29, 0.717) is 12.4 Å². The summed E-state index contributed by atoms with van der Waals surface area (Å²) in [4.78, 5) is 20.8. The first-order valence-corrected chi connectivity index (χ1v) is 3.89. The van der Waals surface area contributed by atoms with E-state index in [1.807, 2.05) is 19.0 Å². The number of carbonyl (C=O) groups excluding carboxylic acids is 1. The second-order valence-corrected chi connectivity index (χ2v) is 2.83. The van der Waals surface area contributed by atoms with Gasteiger partial charge in [-0.1, -0.05) is 0 Å². The Bertz CT molecular complexity index is 273. The molecule has 1 amide bonds. The van der Waals surface area contributed by atoms with Crippen LogP contribution in [0.15, 0.2) is 18.6 Å². The zero-order valence-corrected chi connectivity index (χ0v) is 7.69. The van der Waals surface area contributed by atoms with Crippen molar-refractivity contribution in [3.8, 4) is 0 Å². The van der Waals surface area contributed by atoms with E-state index in [-0.39, 0.29) is 5.91 Å². The molecule has 5 heteroatoms. The average molecular weight is 180 g/mol. The molecule has 0 fully saturated rings. The summed E-state index contributed by atoms with van der Waals surface area (Å²) in [5.74, 6) is -0.207. The van der Waals surface area contributed by atoms with Gasteiger partial charge in [0.1, 0.15) is 5.69 Å². The van der Waals surface area contributed by atoms with Gasteiger partial charge in [0.25, 0.3) is 5.91 Å². The maximum atomic E-state index is 11.3. The second-order valence-electron chi connectivity index (χ2n) is 2.83. The molecule has 0 radical (unpaired) electrons. The van der Waals surface area contributed by atoms with E-state index in [1.54, 1.807) is 0 Å². The van der Waals surface area contributed by atoms with Gasteiger partial charge in [-0.3, -0.25) is 14.7 Å². The summed E-state index contributed by atoms with van der Waals surface area (Å²) >= 11 is 0. The molecule has 0 aromatic carbocycles. The molecule has 70 valence electrons. The smallest absolute Gasteiger partial charge is 0.272 e. The van der Waals surface area contributed by atoms with Crippen LogP contribution in [0.2, 0.25) is 0 Å². The second kappa shape index (κ2) is 4.51. The van der Waals surface area contributed by atoms with Crippen molar-refractivity contribution in [3.63, 3.8) is 0 Å². The van der Waals surface area contributed by atoms with Gasteiger partial charge >= 0.3 is 0 Å². The normalized spacial score (nSPS) is 10.1. The van der Waals surface area contributed by atoms with Crippen molar-refractivity contribution in [3.05, 3.63) is 24.3 Å². The molecule has 1 aromatic rings. The predicted molar refractivity (Wildman–Crippen MR) is 48.1 cm³/mol. The summed E-state index contributed by atoms with van der Waals surface area (Å²) in [6.45, 7) is 0.495. The third-order valence-corrected chi connectivity index (χ3v) is 1.35. The van der Waals surface area contributed by atoms with E-state index in [4.69, 9.17) is 0 Å². The minimum Gasteiger partial charge on any atom is -0.338 e.